The van der Waals surface area contributed by atoms with Crippen molar-refractivity contribution < 1.29 is 17.9 Å². The first-order chi connectivity index (χ1) is 14.4. The van der Waals surface area contributed by atoms with E-state index in [1.54, 1.807) is 30.5 Å². The number of nitrogens with two attached hydrogens (primary N) is 1. The van der Waals surface area contributed by atoms with Crippen LogP contribution in [0.3, 0.4) is 0 Å². The van der Waals surface area contributed by atoms with Crippen LogP contribution in [0.2, 0.25) is 0 Å². The predicted molar refractivity (Wildman–Crippen MR) is 114 cm³/mol. The lowest BCUT2D eigenvalue weighted by molar-refractivity contribution is 0.0951. The molecule has 0 fully saturated rings. The van der Waals surface area contributed by atoms with E-state index < -0.39 is 10.0 Å². The summed E-state index contributed by atoms with van der Waals surface area (Å²) in [5.74, 6) is 0.867. The molecule has 1 aromatic heterocycles. The summed E-state index contributed by atoms with van der Waals surface area (Å²) in [5, 5.41) is 11.0. The Kier molecular flexibility index (Phi) is 6.65. The van der Waals surface area contributed by atoms with Crippen LogP contribution in [0.1, 0.15) is 22.8 Å². The van der Waals surface area contributed by atoms with Crippen molar-refractivity contribution in [2.75, 3.05) is 11.9 Å². The van der Waals surface area contributed by atoms with E-state index in [1.807, 2.05) is 31.2 Å². The van der Waals surface area contributed by atoms with Crippen molar-refractivity contribution in [1.29, 1.82) is 0 Å². The number of carbonyl (C=O) groups excluding carboxylic acids is 1. The van der Waals surface area contributed by atoms with Gasteiger partial charge < -0.3 is 15.4 Å². The number of benzene rings is 2. The van der Waals surface area contributed by atoms with Crippen LogP contribution in [0.25, 0.3) is 0 Å². The minimum absolute atomic E-state index is 0.0201. The van der Waals surface area contributed by atoms with Gasteiger partial charge in [0, 0.05) is 18.4 Å². The zero-order valence-corrected chi connectivity index (χ0v) is 17.1. The van der Waals surface area contributed by atoms with Crippen molar-refractivity contribution in [3.05, 3.63) is 78.0 Å². The van der Waals surface area contributed by atoms with Crippen LogP contribution in [0.5, 0.6) is 5.75 Å². The molecule has 1 amide bonds. The third-order valence-corrected chi connectivity index (χ3v) is 5.11. The maximum absolute atomic E-state index is 12.7. The fraction of sp³-hybridized carbons (Fsp3) is 0.143. The number of anilines is 2. The molecule has 8 nitrogen and oxygen atoms in total. The maximum atomic E-state index is 12.7. The number of rotatable bonds is 8. The molecule has 0 spiro atoms. The van der Waals surface area contributed by atoms with Gasteiger partial charge in [-0.05, 0) is 61.0 Å². The molecule has 9 heteroatoms. The van der Waals surface area contributed by atoms with Gasteiger partial charge in [0.05, 0.1) is 17.1 Å². The number of sulfonamides is 1. The molecule has 0 radical (unpaired) electrons. The molecule has 2 aromatic carbocycles. The third-order valence-electron chi connectivity index (χ3n) is 4.19. The fourth-order valence-corrected chi connectivity index (χ4v) is 3.22. The number of aromatic nitrogens is 1. The van der Waals surface area contributed by atoms with Gasteiger partial charge in [-0.2, -0.15) is 0 Å². The Hall–Kier alpha value is -3.43. The Morgan fingerprint density at radius 1 is 1.07 bits per heavy atom. The van der Waals surface area contributed by atoms with E-state index in [4.69, 9.17) is 9.88 Å². The van der Waals surface area contributed by atoms with Gasteiger partial charge in [-0.15, -0.1) is 0 Å². The standard InChI is InChI=1S/C21H22N4O4S/c1-2-29-17-9-7-16(8-10-17)25-20-19(4-3-13-23-20)21(26)24-14-15-5-11-18(12-6-15)30(22,27)28/h3-13H,2,14H2,1H3,(H,23,25)(H,24,26)(H2,22,27,28). The van der Waals surface area contributed by atoms with Crippen LogP contribution < -0.4 is 20.5 Å². The lowest BCUT2D eigenvalue weighted by Crippen LogP contribution is -2.24. The maximum Gasteiger partial charge on any atom is 0.255 e. The van der Waals surface area contributed by atoms with E-state index in [0.717, 1.165) is 17.0 Å². The molecule has 1 heterocycles. The van der Waals surface area contributed by atoms with Gasteiger partial charge in [0.25, 0.3) is 5.91 Å². The number of hydrogen-bond donors (Lipinski definition) is 3. The molecule has 0 saturated carbocycles. The number of hydrogen-bond acceptors (Lipinski definition) is 6. The lowest BCUT2D eigenvalue weighted by atomic mass is 10.2. The minimum atomic E-state index is -3.75. The van der Waals surface area contributed by atoms with E-state index in [2.05, 4.69) is 15.6 Å². The Balaban J connectivity index is 1.68. The summed E-state index contributed by atoms with van der Waals surface area (Å²) in [6.45, 7) is 2.72. The Labute approximate surface area is 175 Å². The van der Waals surface area contributed by atoms with Gasteiger partial charge in [0.1, 0.15) is 11.6 Å². The van der Waals surface area contributed by atoms with Gasteiger partial charge in [0.15, 0.2) is 0 Å². The summed E-state index contributed by atoms with van der Waals surface area (Å²) in [7, 11) is -3.75. The first-order valence-corrected chi connectivity index (χ1v) is 10.8. The zero-order chi connectivity index (χ0) is 21.6. The van der Waals surface area contributed by atoms with Crippen molar-refractivity contribution in [3.8, 4) is 5.75 Å². The fourth-order valence-electron chi connectivity index (χ4n) is 2.70. The second-order valence-electron chi connectivity index (χ2n) is 6.35. The van der Waals surface area contributed by atoms with Gasteiger partial charge in [-0.25, -0.2) is 18.5 Å². The van der Waals surface area contributed by atoms with Crippen LogP contribution in [0, 0.1) is 0 Å². The van der Waals surface area contributed by atoms with Crippen molar-refractivity contribution >= 4 is 27.4 Å². The number of ether oxygens (including phenoxy) is 1. The molecule has 0 aliphatic carbocycles. The normalized spacial score (nSPS) is 11.0. The first kappa shape index (κ1) is 21.3. The molecular weight excluding hydrogens is 404 g/mol. The molecule has 0 aliphatic rings. The average Bonchev–Trinajstić information content (AvgIpc) is 2.74. The molecular formula is C21H22N4O4S. The topological polar surface area (TPSA) is 123 Å². The van der Waals surface area contributed by atoms with Crippen molar-refractivity contribution in [2.24, 2.45) is 5.14 Å². The summed E-state index contributed by atoms with van der Waals surface area (Å²) in [6.07, 6.45) is 1.60. The van der Waals surface area contributed by atoms with Gasteiger partial charge in [-0.1, -0.05) is 12.1 Å². The SMILES string of the molecule is CCOc1ccc(Nc2ncccc2C(=O)NCc2ccc(S(N)(=O)=O)cc2)cc1. The molecule has 30 heavy (non-hydrogen) atoms. The summed E-state index contributed by atoms with van der Waals surface area (Å²) >= 11 is 0. The third kappa shape index (κ3) is 5.56. The zero-order valence-electron chi connectivity index (χ0n) is 16.3. The smallest absolute Gasteiger partial charge is 0.255 e. The van der Waals surface area contributed by atoms with E-state index in [9.17, 15) is 13.2 Å². The van der Waals surface area contributed by atoms with E-state index in [-0.39, 0.29) is 17.3 Å². The molecule has 3 rings (SSSR count). The summed E-state index contributed by atoms with van der Waals surface area (Å²) in [6, 6.07) is 16.7. The van der Waals surface area contributed by atoms with Crippen LogP contribution in [-0.2, 0) is 16.6 Å². The van der Waals surface area contributed by atoms with Gasteiger partial charge >= 0.3 is 0 Å². The van der Waals surface area contributed by atoms with Crippen LogP contribution in [-0.4, -0.2) is 25.9 Å². The highest BCUT2D eigenvalue weighted by atomic mass is 32.2. The predicted octanol–water partition coefficient (Wildman–Crippen LogP) is 2.80. The highest BCUT2D eigenvalue weighted by molar-refractivity contribution is 7.89. The quantitative estimate of drug-likeness (QED) is 0.509. The van der Waals surface area contributed by atoms with Crippen molar-refractivity contribution in [2.45, 2.75) is 18.4 Å². The lowest BCUT2D eigenvalue weighted by Gasteiger charge is -2.12. The second-order valence-corrected chi connectivity index (χ2v) is 7.92. The summed E-state index contributed by atoms with van der Waals surface area (Å²) in [5.41, 5.74) is 1.89. The van der Waals surface area contributed by atoms with Gasteiger partial charge in [0.2, 0.25) is 10.0 Å². The molecule has 156 valence electrons. The van der Waals surface area contributed by atoms with Gasteiger partial charge in [-0.3, -0.25) is 4.79 Å². The summed E-state index contributed by atoms with van der Waals surface area (Å²) in [4.78, 5) is 17.0. The molecule has 0 unspecified atom stereocenters. The molecule has 0 aliphatic heterocycles. The monoisotopic (exact) mass is 426 g/mol. The second kappa shape index (κ2) is 9.38. The van der Waals surface area contributed by atoms with E-state index in [1.165, 1.54) is 12.1 Å². The van der Waals surface area contributed by atoms with Crippen LogP contribution >= 0.6 is 0 Å². The first-order valence-electron chi connectivity index (χ1n) is 9.21. The Morgan fingerprint density at radius 3 is 2.40 bits per heavy atom. The molecule has 0 atom stereocenters. The van der Waals surface area contributed by atoms with Crippen molar-refractivity contribution in [1.82, 2.24) is 10.3 Å². The Morgan fingerprint density at radius 2 is 1.77 bits per heavy atom. The van der Waals surface area contributed by atoms with Crippen molar-refractivity contribution in [3.63, 3.8) is 0 Å². The number of nitrogens with one attached hydrogen (secondary N) is 2. The summed E-state index contributed by atoms with van der Waals surface area (Å²) < 4.78 is 28.1. The number of pyridine rings is 1. The molecule has 0 saturated heterocycles. The van der Waals surface area contributed by atoms with Crippen LogP contribution in [0.15, 0.2) is 71.8 Å². The number of amides is 1. The molecule has 3 aromatic rings. The van der Waals surface area contributed by atoms with Crippen LogP contribution in [0.4, 0.5) is 11.5 Å². The molecule has 4 N–H and O–H groups in total. The van der Waals surface area contributed by atoms with E-state index >= 15 is 0 Å². The average molecular weight is 426 g/mol. The largest absolute Gasteiger partial charge is 0.494 e. The highest BCUT2D eigenvalue weighted by Crippen LogP contribution is 2.21. The number of nitrogens with zero attached hydrogens (tertiary/aromatic N) is 1. The minimum Gasteiger partial charge on any atom is -0.494 e. The highest BCUT2D eigenvalue weighted by Gasteiger charge is 2.13. The number of carbonyl (C=O) groups is 1. The number of primary sulfonamides is 1. The van der Waals surface area contributed by atoms with E-state index in [0.29, 0.717) is 18.0 Å². The Bertz CT molecular complexity index is 1110. The molecule has 0 bridgehead atoms.